The summed E-state index contributed by atoms with van der Waals surface area (Å²) in [7, 11) is 0. The molecular formula is C15H13F2NO2. The fourth-order valence-electron chi connectivity index (χ4n) is 2.13. The van der Waals surface area contributed by atoms with Crippen LogP contribution in [0.1, 0.15) is 18.0 Å². The Hall–Kier alpha value is -1.98. The zero-order chi connectivity index (χ0) is 13.9. The molecule has 0 unspecified atom stereocenters. The fraction of sp³-hybridized carbons (Fsp3) is 0.200. The van der Waals surface area contributed by atoms with Gasteiger partial charge in [-0.25, -0.2) is 8.78 Å². The molecule has 1 saturated heterocycles. The lowest BCUT2D eigenvalue weighted by molar-refractivity contribution is 0.0877. The summed E-state index contributed by atoms with van der Waals surface area (Å²) in [6.45, 7) is 0.541. The Morgan fingerprint density at radius 2 is 1.95 bits per heavy atom. The van der Waals surface area contributed by atoms with Gasteiger partial charge in [-0.15, -0.1) is 0 Å². The number of rotatable bonds is 3. The van der Waals surface area contributed by atoms with E-state index in [0.29, 0.717) is 30.1 Å². The van der Waals surface area contributed by atoms with E-state index in [1.54, 1.807) is 18.2 Å². The van der Waals surface area contributed by atoms with Crippen molar-refractivity contribution in [3.63, 3.8) is 0 Å². The van der Waals surface area contributed by atoms with E-state index < -0.39 is 0 Å². The predicted octanol–water partition coefficient (Wildman–Crippen LogP) is 3.72. The molecule has 0 bridgehead atoms. The average molecular weight is 277 g/mol. The van der Waals surface area contributed by atoms with Crippen molar-refractivity contribution < 1.29 is 18.4 Å². The molecule has 5 heteroatoms. The summed E-state index contributed by atoms with van der Waals surface area (Å²) in [5.41, 5.74) is 3.24. The van der Waals surface area contributed by atoms with Crippen LogP contribution in [0.3, 0.4) is 0 Å². The zero-order valence-corrected chi connectivity index (χ0v) is 10.6. The summed E-state index contributed by atoms with van der Waals surface area (Å²) in [5, 5.41) is 0. The largest absolute Gasteiger partial charge is 0.457 e. The SMILES string of the molecule is Fc1cccc(Oc2ccc(F)c([C@H]3CCON3)c2)c1. The van der Waals surface area contributed by atoms with E-state index in [0.717, 1.165) is 0 Å². The van der Waals surface area contributed by atoms with Crippen molar-refractivity contribution in [2.45, 2.75) is 12.5 Å². The number of hydroxylamine groups is 1. The normalized spacial score (nSPS) is 18.2. The topological polar surface area (TPSA) is 30.5 Å². The molecule has 0 radical (unpaired) electrons. The molecule has 2 aromatic rings. The Morgan fingerprint density at radius 1 is 1.10 bits per heavy atom. The highest BCUT2D eigenvalue weighted by atomic mass is 19.1. The van der Waals surface area contributed by atoms with Gasteiger partial charge in [-0.05, 0) is 36.8 Å². The van der Waals surface area contributed by atoms with E-state index in [-0.39, 0.29) is 17.7 Å². The van der Waals surface area contributed by atoms with E-state index in [2.05, 4.69) is 5.48 Å². The molecule has 1 aliphatic heterocycles. The molecule has 3 nitrogen and oxygen atoms in total. The van der Waals surface area contributed by atoms with Crippen LogP contribution in [0, 0.1) is 11.6 Å². The maximum Gasteiger partial charge on any atom is 0.130 e. The highest BCUT2D eigenvalue weighted by Crippen LogP contribution is 2.29. The van der Waals surface area contributed by atoms with Crippen LogP contribution in [0.25, 0.3) is 0 Å². The number of nitrogens with one attached hydrogen (secondary N) is 1. The third-order valence-corrected chi connectivity index (χ3v) is 3.11. The summed E-state index contributed by atoms with van der Waals surface area (Å²) in [6, 6.07) is 10.1. The van der Waals surface area contributed by atoms with Gasteiger partial charge in [-0.2, -0.15) is 5.48 Å². The number of halogens is 2. The average Bonchev–Trinajstić information content (AvgIpc) is 2.95. The van der Waals surface area contributed by atoms with Gasteiger partial charge in [0, 0.05) is 11.6 Å². The molecule has 1 fully saturated rings. The molecule has 0 aliphatic carbocycles. The second kappa shape index (κ2) is 5.56. The van der Waals surface area contributed by atoms with Crippen molar-refractivity contribution in [1.29, 1.82) is 0 Å². The van der Waals surface area contributed by atoms with Gasteiger partial charge in [-0.1, -0.05) is 6.07 Å². The van der Waals surface area contributed by atoms with Crippen molar-refractivity contribution >= 4 is 0 Å². The third-order valence-electron chi connectivity index (χ3n) is 3.11. The van der Waals surface area contributed by atoms with E-state index in [1.165, 1.54) is 24.3 Å². The Bertz CT molecular complexity index is 613. The summed E-state index contributed by atoms with van der Waals surface area (Å²) in [5.74, 6) is 0.133. The fourth-order valence-corrected chi connectivity index (χ4v) is 2.13. The first kappa shape index (κ1) is 13.0. The van der Waals surface area contributed by atoms with Crippen LogP contribution < -0.4 is 10.2 Å². The van der Waals surface area contributed by atoms with Gasteiger partial charge < -0.3 is 9.57 Å². The summed E-state index contributed by atoms with van der Waals surface area (Å²) in [4.78, 5) is 5.03. The van der Waals surface area contributed by atoms with Crippen molar-refractivity contribution in [3.05, 3.63) is 59.7 Å². The lowest BCUT2D eigenvalue weighted by atomic mass is 10.0. The van der Waals surface area contributed by atoms with E-state index in [9.17, 15) is 8.78 Å². The first-order chi connectivity index (χ1) is 9.72. The summed E-state index contributed by atoms with van der Waals surface area (Å²) >= 11 is 0. The molecule has 20 heavy (non-hydrogen) atoms. The molecule has 104 valence electrons. The standard InChI is InChI=1S/C15H13F2NO2/c16-10-2-1-3-11(8-10)20-12-4-5-14(17)13(9-12)15-6-7-19-18-15/h1-5,8-9,15,18H,6-7H2/t15-/m1/s1. The number of hydrogen-bond donors (Lipinski definition) is 1. The lowest BCUT2D eigenvalue weighted by Crippen LogP contribution is -2.13. The van der Waals surface area contributed by atoms with Gasteiger partial charge in [0.25, 0.3) is 0 Å². The minimum Gasteiger partial charge on any atom is -0.457 e. The van der Waals surface area contributed by atoms with Crippen LogP contribution in [0.15, 0.2) is 42.5 Å². The maximum atomic E-state index is 13.8. The monoisotopic (exact) mass is 277 g/mol. The van der Waals surface area contributed by atoms with Crippen LogP contribution in [-0.4, -0.2) is 6.61 Å². The van der Waals surface area contributed by atoms with Gasteiger partial charge >= 0.3 is 0 Å². The molecule has 1 N–H and O–H groups in total. The molecule has 0 aromatic heterocycles. The Kier molecular flexibility index (Phi) is 3.62. The van der Waals surface area contributed by atoms with Gasteiger partial charge in [0.15, 0.2) is 0 Å². The zero-order valence-electron chi connectivity index (χ0n) is 10.6. The first-order valence-corrected chi connectivity index (χ1v) is 6.32. The number of hydrogen-bond acceptors (Lipinski definition) is 3. The maximum absolute atomic E-state index is 13.8. The van der Waals surface area contributed by atoms with Crippen LogP contribution >= 0.6 is 0 Å². The van der Waals surface area contributed by atoms with E-state index in [4.69, 9.17) is 9.57 Å². The summed E-state index contributed by atoms with van der Waals surface area (Å²) in [6.07, 6.45) is 0.695. The van der Waals surface area contributed by atoms with Gasteiger partial charge in [0.05, 0.1) is 12.6 Å². The molecule has 1 aliphatic rings. The molecule has 0 spiro atoms. The third kappa shape index (κ3) is 2.79. The Labute approximate surface area is 115 Å². The van der Waals surface area contributed by atoms with Crippen LogP contribution in [0.4, 0.5) is 8.78 Å². The van der Waals surface area contributed by atoms with Crippen molar-refractivity contribution in [2.24, 2.45) is 0 Å². The van der Waals surface area contributed by atoms with Gasteiger partial charge in [0.1, 0.15) is 23.1 Å². The Balaban J connectivity index is 1.85. The molecule has 0 saturated carbocycles. The van der Waals surface area contributed by atoms with Crippen LogP contribution in [0.2, 0.25) is 0 Å². The Morgan fingerprint density at radius 3 is 2.70 bits per heavy atom. The van der Waals surface area contributed by atoms with Crippen LogP contribution in [-0.2, 0) is 4.84 Å². The van der Waals surface area contributed by atoms with Gasteiger partial charge in [0.2, 0.25) is 0 Å². The molecule has 2 aromatic carbocycles. The van der Waals surface area contributed by atoms with E-state index in [1.807, 2.05) is 0 Å². The van der Waals surface area contributed by atoms with Gasteiger partial charge in [-0.3, -0.25) is 0 Å². The first-order valence-electron chi connectivity index (χ1n) is 6.32. The highest BCUT2D eigenvalue weighted by molar-refractivity contribution is 5.36. The molecule has 1 atom stereocenters. The lowest BCUT2D eigenvalue weighted by Gasteiger charge is -2.12. The predicted molar refractivity (Wildman–Crippen MR) is 69.3 cm³/mol. The van der Waals surface area contributed by atoms with Crippen molar-refractivity contribution in [1.82, 2.24) is 5.48 Å². The second-order valence-electron chi connectivity index (χ2n) is 4.55. The summed E-state index contributed by atoms with van der Waals surface area (Å²) < 4.78 is 32.4. The van der Waals surface area contributed by atoms with Crippen molar-refractivity contribution in [2.75, 3.05) is 6.61 Å². The second-order valence-corrected chi connectivity index (χ2v) is 4.55. The molecule has 0 amide bonds. The van der Waals surface area contributed by atoms with E-state index >= 15 is 0 Å². The minimum atomic E-state index is -0.379. The smallest absolute Gasteiger partial charge is 0.130 e. The molecule has 1 heterocycles. The number of benzene rings is 2. The quantitative estimate of drug-likeness (QED) is 0.927. The number of ether oxygens (including phenoxy) is 1. The van der Waals surface area contributed by atoms with Crippen LogP contribution in [0.5, 0.6) is 11.5 Å². The minimum absolute atomic E-state index is 0.189. The molecular weight excluding hydrogens is 264 g/mol. The van der Waals surface area contributed by atoms with Crippen molar-refractivity contribution in [3.8, 4) is 11.5 Å². The molecule has 3 rings (SSSR count). The highest BCUT2D eigenvalue weighted by Gasteiger charge is 2.21.